The van der Waals surface area contributed by atoms with Gasteiger partial charge in [0.1, 0.15) is 5.54 Å². The summed E-state index contributed by atoms with van der Waals surface area (Å²) in [4.78, 5) is 14.8. The van der Waals surface area contributed by atoms with Crippen LogP contribution in [0.25, 0.3) is 0 Å². The molecule has 2 N–H and O–H groups in total. The van der Waals surface area contributed by atoms with Gasteiger partial charge in [0.15, 0.2) is 0 Å². The molecule has 128 valence electrons. The number of amides is 1. The minimum atomic E-state index is -0.580. The van der Waals surface area contributed by atoms with Gasteiger partial charge in [-0.3, -0.25) is 14.6 Å². The number of carbonyl (C=O) groups excluding carboxylic acids is 1. The van der Waals surface area contributed by atoms with Crippen molar-refractivity contribution in [2.24, 2.45) is 0 Å². The molecule has 0 aromatic carbocycles. The normalized spacial score (nSPS) is 16.0. The molecule has 7 nitrogen and oxygen atoms in total. The van der Waals surface area contributed by atoms with Crippen molar-refractivity contribution in [2.45, 2.75) is 24.9 Å². The van der Waals surface area contributed by atoms with Crippen LogP contribution >= 0.6 is 24.8 Å². The third kappa shape index (κ3) is 3.85. The van der Waals surface area contributed by atoms with Crippen molar-refractivity contribution in [2.75, 3.05) is 20.1 Å². The average Bonchev–Trinajstić information content (AvgIpc) is 3.20. The Morgan fingerprint density at radius 3 is 2.65 bits per heavy atom. The maximum absolute atomic E-state index is 13.0. The molecule has 2 aromatic heterocycles. The quantitative estimate of drug-likeness (QED) is 0.858. The summed E-state index contributed by atoms with van der Waals surface area (Å²) < 4.78 is 1.82. The van der Waals surface area contributed by atoms with Gasteiger partial charge in [0.2, 0.25) is 0 Å². The second kappa shape index (κ2) is 8.33. The summed E-state index contributed by atoms with van der Waals surface area (Å²) in [6.45, 7) is 2.17. The summed E-state index contributed by atoms with van der Waals surface area (Å²) in [6.07, 6.45) is 6.81. The molecule has 1 fully saturated rings. The number of aromatic nitrogens is 4. The Morgan fingerprint density at radius 1 is 1.35 bits per heavy atom. The number of hydrogen-bond acceptors (Lipinski definition) is 4. The van der Waals surface area contributed by atoms with Crippen molar-refractivity contribution >= 4 is 30.7 Å². The highest BCUT2D eigenvalue weighted by Gasteiger charge is 2.43. The van der Waals surface area contributed by atoms with Crippen LogP contribution in [0.5, 0.6) is 0 Å². The average molecular weight is 361 g/mol. The summed E-state index contributed by atoms with van der Waals surface area (Å²) >= 11 is 0. The molecule has 9 heteroatoms. The van der Waals surface area contributed by atoms with Gasteiger partial charge >= 0.3 is 0 Å². The zero-order chi connectivity index (χ0) is 14.7. The Labute approximate surface area is 147 Å². The fraction of sp³-hybridized carbons (Fsp3) is 0.500. The number of hydrogen-bond donors (Lipinski definition) is 2. The number of rotatable bonds is 4. The van der Waals surface area contributed by atoms with Gasteiger partial charge in [-0.25, -0.2) is 0 Å². The Balaban J connectivity index is 0.00000132. The molecule has 0 atom stereocenters. The van der Waals surface area contributed by atoms with E-state index in [-0.39, 0.29) is 30.7 Å². The van der Waals surface area contributed by atoms with Gasteiger partial charge in [-0.15, -0.1) is 24.8 Å². The van der Waals surface area contributed by atoms with Gasteiger partial charge in [-0.1, -0.05) is 0 Å². The number of piperidine rings is 1. The first-order valence-electron chi connectivity index (χ1n) is 7.17. The highest BCUT2D eigenvalue weighted by Crippen LogP contribution is 2.29. The number of likely N-dealkylation sites (N-methyl/N-ethyl adjacent to an activating group) is 1. The Morgan fingerprint density at radius 2 is 2.09 bits per heavy atom. The molecule has 0 bridgehead atoms. The first-order chi connectivity index (χ1) is 10.2. The van der Waals surface area contributed by atoms with Crippen LogP contribution in [-0.2, 0) is 16.9 Å². The lowest BCUT2D eigenvalue weighted by Gasteiger charge is -2.39. The van der Waals surface area contributed by atoms with Crippen LogP contribution in [0.4, 0.5) is 0 Å². The predicted molar refractivity (Wildman–Crippen MR) is 91.9 cm³/mol. The molecule has 0 radical (unpaired) electrons. The fourth-order valence-electron chi connectivity index (χ4n) is 2.96. The van der Waals surface area contributed by atoms with E-state index < -0.39 is 5.54 Å². The predicted octanol–water partition coefficient (Wildman–Crippen LogP) is 1.19. The molecule has 2 aromatic rings. The third-order valence-electron chi connectivity index (χ3n) is 4.08. The zero-order valence-corrected chi connectivity index (χ0v) is 14.6. The minimum Gasteiger partial charge on any atom is -0.338 e. The number of H-pyrrole nitrogens is 1. The maximum atomic E-state index is 13.0. The summed E-state index contributed by atoms with van der Waals surface area (Å²) in [7, 11) is 1.83. The SMILES string of the molecule is CN(Cc1ccn[nH]1)C(=O)C1(n2cccn2)CCNCC1.Cl.Cl. The van der Waals surface area contributed by atoms with Gasteiger partial charge < -0.3 is 10.2 Å². The first kappa shape index (κ1) is 19.5. The molecule has 23 heavy (non-hydrogen) atoms. The Bertz CT molecular complexity index is 580. The number of nitrogens with zero attached hydrogens (tertiary/aromatic N) is 4. The fourth-order valence-corrected chi connectivity index (χ4v) is 2.96. The van der Waals surface area contributed by atoms with Crippen molar-refractivity contribution in [1.29, 1.82) is 0 Å². The molecule has 0 spiro atoms. The van der Waals surface area contributed by atoms with Crippen molar-refractivity contribution in [3.63, 3.8) is 0 Å². The molecule has 1 aliphatic rings. The Kier molecular flexibility index (Phi) is 7.05. The molecule has 3 heterocycles. The van der Waals surface area contributed by atoms with Gasteiger partial charge in [0, 0.05) is 25.6 Å². The van der Waals surface area contributed by atoms with Gasteiger partial charge in [-0.05, 0) is 38.1 Å². The van der Waals surface area contributed by atoms with Crippen molar-refractivity contribution in [3.05, 3.63) is 36.4 Å². The summed E-state index contributed by atoms with van der Waals surface area (Å²) in [5.74, 6) is 0.0994. The van der Waals surface area contributed by atoms with Crippen molar-refractivity contribution < 1.29 is 4.79 Å². The second-order valence-corrected chi connectivity index (χ2v) is 5.48. The van der Waals surface area contributed by atoms with Crippen molar-refractivity contribution in [1.82, 2.24) is 30.2 Å². The van der Waals surface area contributed by atoms with E-state index in [9.17, 15) is 4.79 Å². The molecule has 0 saturated carbocycles. The van der Waals surface area contributed by atoms with E-state index in [1.807, 2.05) is 30.1 Å². The van der Waals surface area contributed by atoms with E-state index in [2.05, 4.69) is 20.6 Å². The lowest BCUT2D eigenvalue weighted by molar-refractivity contribution is -0.142. The summed E-state index contributed by atoms with van der Waals surface area (Å²) in [5, 5.41) is 14.5. The molecule has 1 aliphatic heterocycles. The van der Waals surface area contributed by atoms with Crippen LogP contribution in [0.2, 0.25) is 0 Å². The first-order valence-corrected chi connectivity index (χ1v) is 7.17. The minimum absolute atomic E-state index is 0. The highest BCUT2D eigenvalue weighted by molar-refractivity contribution is 5.85. The number of carbonyl (C=O) groups is 1. The standard InChI is InChI=1S/C14H20N6O.2ClH/c1-19(11-12-3-7-16-18-12)13(21)14(4-8-15-9-5-14)20-10-2-6-17-20;;/h2-3,6-7,10,15H,4-5,8-9,11H2,1H3,(H,16,18);2*1H. The van der Waals surface area contributed by atoms with Crippen LogP contribution in [0.1, 0.15) is 18.5 Å². The van der Waals surface area contributed by atoms with E-state index in [4.69, 9.17) is 0 Å². The molecule has 3 rings (SSSR count). The largest absolute Gasteiger partial charge is 0.338 e. The van der Waals surface area contributed by atoms with E-state index in [0.717, 1.165) is 31.6 Å². The van der Waals surface area contributed by atoms with Crippen molar-refractivity contribution in [3.8, 4) is 0 Å². The number of halogens is 2. The van der Waals surface area contributed by atoms with E-state index in [1.54, 1.807) is 17.3 Å². The second-order valence-electron chi connectivity index (χ2n) is 5.48. The van der Waals surface area contributed by atoms with Crippen LogP contribution in [0, 0.1) is 0 Å². The lowest BCUT2D eigenvalue weighted by atomic mass is 9.87. The van der Waals surface area contributed by atoms with E-state index in [0.29, 0.717) is 6.54 Å². The molecule has 0 unspecified atom stereocenters. The maximum Gasteiger partial charge on any atom is 0.250 e. The monoisotopic (exact) mass is 360 g/mol. The van der Waals surface area contributed by atoms with E-state index >= 15 is 0 Å². The number of nitrogens with one attached hydrogen (secondary N) is 2. The lowest BCUT2D eigenvalue weighted by Crippen LogP contribution is -2.54. The van der Waals surface area contributed by atoms with Crippen LogP contribution < -0.4 is 5.32 Å². The molecule has 1 saturated heterocycles. The molecule has 0 aliphatic carbocycles. The Hall–Kier alpha value is -1.57. The summed E-state index contributed by atoms with van der Waals surface area (Å²) in [6, 6.07) is 3.75. The van der Waals surface area contributed by atoms with Gasteiger partial charge in [-0.2, -0.15) is 10.2 Å². The van der Waals surface area contributed by atoms with Crippen LogP contribution in [0.3, 0.4) is 0 Å². The van der Waals surface area contributed by atoms with E-state index in [1.165, 1.54) is 0 Å². The number of aromatic amines is 1. The zero-order valence-electron chi connectivity index (χ0n) is 12.9. The van der Waals surface area contributed by atoms with Gasteiger partial charge in [0.05, 0.1) is 12.2 Å². The molecular weight excluding hydrogens is 339 g/mol. The molecule has 1 amide bonds. The topological polar surface area (TPSA) is 78.8 Å². The van der Waals surface area contributed by atoms with Crippen LogP contribution in [-0.4, -0.2) is 50.9 Å². The summed E-state index contributed by atoms with van der Waals surface area (Å²) in [5.41, 5.74) is 0.346. The van der Waals surface area contributed by atoms with Crippen LogP contribution in [0.15, 0.2) is 30.7 Å². The highest BCUT2D eigenvalue weighted by atomic mass is 35.5. The third-order valence-corrected chi connectivity index (χ3v) is 4.08. The van der Waals surface area contributed by atoms with Gasteiger partial charge in [0.25, 0.3) is 5.91 Å². The smallest absolute Gasteiger partial charge is 0.250 e. The molecular formula is C14H22Cl2N6O.